The van der Waals surface area contributed by atoms with Crippen molar-refractivity contribution in [3.63, 3.8) is 0 Å². The van der Waals surface area contributed by atoms with Crippen molar-refractivity contribution in [1.82, 2.24) is 9.97 Å². The van der Waals surface area contributed by atoms with Gasteiger partial charge in [-0.2, -0.15) is 4.98 Å². The summed E-state index contributed by atoms with van der Waals surface area (Å²) in [6.07, 6.45) is -2.89. The number of ether oxygens (including phenoxy) is 4. The van der Waals surface area contributed by atoms with Gasteiger partial charge in [0.05, 0.1) is 13.7 Å². The minimum atomic E-state index is -1.06. The van der Waals surface area contributed by atoms with E-state index in [4.69, 9.17) is 18.9 Å². The number of amides is 1. The van der Waals surface area contributed by atoms with Crippen LogP contribution < -0.4 is 20.5 Å². The second-order valence-corrected chi connectivity index (χ2v) is 6.27. The highest BCUT2D eigenvalue weighted by Gasteiger charge is 2.52. The molecular formula is C16H20N4O8. The van der Waals surface area contributed by atoms with Crippen LogP contribution in [0, 0.1) is 0 Å². The molecule has 152 valence electrons. The number of carbonyl (C=O) groups excluding carboxylic acids is 3. The minimum absolute atomic E-state index is 0.0525. The molecule has 1 fully saturated rings. The van der Waals surface area contributed by atoms with E-state index in [1.807, 2.05) is 0 Å². The Labute approximate surface area is 159 Å². The lowest BCUT2D eigenvalue weighted by Gasteiger charge is -2.48. The normalized spacial score (nSPS) is 25.6. The Morgan fingerprint density at radius 3 is 2.43 bits per heavy atom. The van der Waals surface area contributed by atoms with E-state index in [2.05, 4.69) is 15.3 Å². The number of rotatable bonds is 3. The summed E-state index contributed by atoms with van der Waals surface area (Å²) >= 11 is 0. The standard InChI is InChI=1S/C16H20N4O8/c1-6(21)20-10-12(28-8(3)23)9(27-7(2)22)5-26-15(10)17-13-11(20)14(24)19-16(18-13)25-4/h9-10,12,15H,5H2,1-4H3,(H2,17,18,19,24). The maximum atomic E-state index is 12.6. The molecule has 1 amide bonds. The molecule has 2 aliphatic rings. The number of hydrogen-bond acceptors (Lipinski definition) is 10. The highest BCUT2D eigenvalue weighted by molar-refractivity contribution is 5.96. The maximum Gasteiger partial charge on any atom is 0.303 e. The van der Waals surface area contributed by atoms with Crippen LogP contribution in [-0.2, 0) is 28.6 Å². The van der Waals surface area contributed by atoms with E-state index < -0.39 is 47.9 Å². The highest BCUT2D eigenvalue weighted by atomic mass is 16.6. The average Bonchev–Trinajstić information content (AvgIpc) is 2.60. The molecule has 0 spiro atoms. The average molecular weight is 396 g/mol. The third kappa shape index (κ3) is 3.50. The Morgan fingerprint density at radius 1 is 1.18 bits per heavy atom. The van der Waals surface area contributed by atoms with Crippen molar-refractivity contribution in [3.05, 3.63) is 10.4 Å². The fraction of sp³-hybridized carbons (Fsp3) is 0.562. The third-order valence-electron chi connectivity index (χ3n) is 4.30. The number of nitrogens with zero attached hydrogens (tertiary/aromatic N) is 2. The molecule has 28 heavy (non-hydrogen) atoms. The molecule has 0 radical (unpaired) electrons. The quantitative estimate of drug-likeness (QED) is 0.618. The van der Waals surface area contributed by atoms with Crippen molar-refractivity contribution in [2.75, 3.05) is 23.9 Å². The second kappa shape index (κ2) is 7.46. The molecule has 1 saturated heterocycles. The van der Waals surface area contributed by atoms with Crippen LogP contribution in [0.4, 0.5) is 11.5 Å². The summed E-state index contributed by atoms with van der Waals surface area (Å²) in [6.45, 7) is 3.55. The predicted molar refractivity (Wildman–Crippen MR) is 92.8 cm³/mol. The van der Waals surface area contributed by atoms with Gasteiger partial charge >= 0.3 is 11.9 Å². The van der Waals surface area contributed by atoms with Crippen molar-refractivity contribution < 1.29 is 33.3 Å². The van der Waals surface area contributed by atoms with E-state index in [1.54, 1.807) is 0 Å². The predicted octanol–water partition coefficient (Wildman–Crippen LogP) is -0.855. The fourth-order valence-electron chi connectivity index (χ4n) is 3.36. The van der Waals surface area contributed by atoms with Gasteiger partial charge in [-0.1, -0.05) is 0 Å². The molecular weight excluding hydrogens is 376 g/mol. The summed E-state index contributed by atoms with van der Waals surface area (Å²) in [5.74, 6) is -1.69. The SMILES string of the molecule is COc1nc2c(c(=O)[nH]1)N(C(C)=O)C1C(N2)OCC(OC(C)=O)C1OC(C)=O. The highest BCUT2D eigenvalue weighted by Crippen LogP contribution is 2.36. The van der Waals surface area contributed by atoms with Crippen LogP contribution in [0.25, 0.3) is 0 Å². The topological polar surface area (TPSA) is 149 Å². The van der Waals surface area contributed by atoms with Crippen LogP contribution in [-0.4, -0.2) is 66.0 Å². The number of aromatic nitrogens is 2. The molecule has 0 saturated carbocycles. The first-order chi connectivity index (χ1) is 13.2. The van der Waals surface area contributed by atoms with Gasteiger partial charge in [0.1, 0.15) is 6.04 Å². The summed E-state index contributed by atoms with van der Waals surface area (Å²) in [5, 5.41) is 2.92. The van der Waals surface area contributed by atoms with E-state index in [9.17, 15) is 19.2 Å². The van der Waals surface area contributed by atoms with Gasteiger partial charge in [0.15, 0.2) is 29.9 Å². The van der Waals surface area contributed by atoms with E-state index in [0.29, 0.717) is 0 Å². The molecule has 4 unspecified atom stereocenters. The second-order valence-electron chi connectivity index (χ2n) is 6.27. The van der Waals surface area contributed by atoms with Gasteiger partial charge in [0.25, 0.3) is 11.6 Å². The first kappa shape index (κ1) is 19.6. The van der Waals surface area contributed by atoms with Crippen LogP contribution in [0.5, 0.6) is 6.01 Å². The number of hydrogen-bond donors (Lipinski definition) is 2. The number of anilines is 2. The summed E-state index contributed by atoms with van der Waals surface area (Å²) < 4.78 is 21.2. The number of aromatic amines is 1. The molecule has 3 rings (SSSR count). The number of H-pyrrole nitrogens is 1. The molecule has 1 aromatic rings. The molecule has 4 atom stereocenters. The monoisotopic (exact) mass is 396 g/mol. The summed E-state index contributed by atoms with van der Waals surface area (Å²) in [7, 11) is 1.33. The molecule has 12 nitrogen and oxygen atoms in total. The van der Waals surface area contributed by atoms with Crippen molar-refractivity contribution in [2.45, 2.75) is 45.2 Å². The molecule has 0 aromatic carbocycles. The largest absolute Gasteiger partial charge is 0.468 e. The molecule has 0 bridgehead atoms. The van der Waals surface area contributed by atoms with Gasteiger partial charge in [0.2, 0.25) is 5.91 Å². The lowest BCUT2D eigenvalue weighted by atomic mass is 9.96. The molecule has 0 aliphatic carbocycles. The lowest BCUT2D eigenvalue weighted by Crippen LogP contribution is -2.68. The Bertz CT molecular complexity index is 869. The zero-order chi connectivity index (χ0) is 20.6. The number of carbonyl (C=O) groups is 3. The number of methoxy groups -OCH3 is 1. The van der Waals surface area contributed by atoms with Gasteiger partial charge in [-0.15, -0.1) is 0 Å². The summed E-state index contributed by atoms with van der Waals surface area (Å²) in [5.41, 5.74) is -0.724. The van der Waals surface area contributed by atoms with Crippen LogP contribution in [0.3, 0.4) is 0 Å². The zero-order valence-corrected chi connectivity index (χ0v) is 15.7. The Balaban J connectivity index is 2.11. The molecule has 2 aliphatic heterocycles. The molecule has 2 N–H and O–H groups in total. The number of esters is 2. The van der Waals surface area contributed by atoms with E-state index in [-0.39, 0.29) is 24.1 Å². The van der Waals surface area contributed by atoms with Crippen molar-refractivity contribution in [2.24, 2.45) is 0 Å². The van der Waals surface area contributed by atoms with Crippen molar-refractivity contribution in [3.8, 4) is 6.01 Å². The number of fused-ring (bicyclic) bond motifs is 2. The molecule has 3 heterocycles. The van der Waals surface area contributed by atoms with E-state index in [1.165, 1.54) is 27.9 Å². The Morgan fingerprint density at radius 2 is 1.86 bits per heavy atom. The first-order valence-corrected chi connectivity index (χ1v) is 8.43. The zero-order valence-electron chi connectivity index (χ0n) is 15.7. The number of nitrogens with one attached hydrogen (secondary N) is 2. The van der Waals surface area contributed by atoms with Gasteiger partial charge in [0, 0.05) is 20.8 Å². The van der Waals surface area contributed by atoms with Gasteiger partial charge in [-0.05, 0) is 0 Å². The van der Waals surface area contributed by atoms with Crippen molar-refractivity contribution in [1.29, 1.82) is 0 Å². The van der Waals surface area contributed by atoms with E-state index >= 15 is 0 Å². The van der Waals surface area contributed by atoms with Crippen LogP contribution >= 0.6 is 0 Å². The van der Waals surface area contributed by atoms with Gasteiger partial charge in [-0.25, -0.2) is 0 Å². The van der Waals surface area contributed by atoms with Gasteiger partial charge in [-0.3, -0.25) is 29.1 Å². The third-order valence-corrected chi connectivity index (χ3v) is 4.30. The Kier molecular flexibility index (Phi) is 5.23. The van der Waals surface area contributed by atoms with Crippen LogP contribution in [0.15, 0.2) is 4.79 Å². The molecule has 12 heteroatoms. The first-order valence-electron chi connectivity index (χ1n) is 8.43. The van der Waals surface area contributed by atoms with Crippen LogP contribution in [0.2, 0.25) is 0 Å². The minimum Gasteiger partial charge on any atom is -0.468 e. The molecule has 1 aromatic heterocycles. The summed E-state index contributed by atoms with van der Waals surface area (Å²) in [6, 6.07) is -1.02. The fourth-order valence-corrected chi connectivity index (χ4v) is 3.36. The smallest absolute Gasteiger partial charge is 0.303 e. The van der Waals surface area contributed by atoms with Crippen LogP contribution in [0.1, 0.15) is 20.8 Å². The van der Waals surface area contributed by atoms with Gasteiger partial charge < -0.3 is 24.3 Å². The van der Waals surface area contributed by atoms with Crippen molar-refractivity contribution >= 4 is 29.4 Å². The lowest BCUT2D eigenvalue weighted by molar-refractivity contribution is -0.190. The van der Waals surface area contributed by atoms with E-state index in [0.717, 1.165) is 4.90 Å². The Hall–Kier alpha value is -3.15. The summed E-state index contributed by atoms with van der Waals surface area (Å²) in [4.78, 5) is 55.8. The maximum absolute atomic E-state index is 12.6.